The third-order valence-electron chi connectivity index (χ3n) is 2.56. The number of hydrogen-bond donors (Lipinski definition) is 0. The maximum Gasteiger partial charge on any atom is 0.329 e. The SMILES string of the molecule is O=[N+]([O-])c1cnc(Cl)nc1N1CCS(=O)(=O)CC1. The lowest BCUT2D eigenvalue weighted by molar-refractivity contribution is -0.384. The van der Waals surface area contributed by atoms with Gasteiger partial charge in [0.15, 0.2) is 9.84 Å². The Balaban J connectivity index is 2.33. The highest BCUT2D eigenvalue weighted by Gasteiger charge is 2.28. The first-order chi connectivity index (χ1) is 8.39. The zero-order valence-corrected chi connectivity index (χ0v) is 10.7. The monoisotopic (exact) mass is 292 g/mol. The second kappa shape index (κ2) is 4.65. The molecule has 2 heterocycles. The van der Waals surface area contributed by atoms with Crippen LogP contribution in [0.3, 0.4) is 0 Å². The highest BCUT2D eigenvalue weighted by molar-refractivity contribution is 7.91. The zero-order chi connectivity index (χ0) is 13.3. The Kier molecular flexibility index (Phi) is 3.35. The van der Waals surface area contributed by atoms with E-state index in [9.17, 15) is 18.5 Å². The van der Waals surface area contributed by atoms with Crippen molar-refractivity contribution in [2.75, 3.05) is 29.5 Å². The molecule has 1 aliphatic rings. The highest BCUT2D eigenvalue weighted by atomic mass is 35.5. The van der Waals surface area contributed by atoms with Gasteiger partial charge in [-0.25, -0.2) is 13.4 Å². The maximum atomic E-state index is 11.3. The Morgan fingerprint density at radius 1 is 1.39 bits per heavy atom. The molecule has 0 aliphatic carbocycles. The summed E-state index contributed by atoms with van der Waals surface area (Å²) in [5.74, 6) is -0.0349. The van der Waals surface area contributed by atoms with Crippen LogP contribution in [0.2, 0.25) is 5.28 Å². The van der Waals surface area contributed by atoms with Crippen LogP contribution in [0.4, 0.5) is 11.5 Å². The van der Waals surface area contributed by atoms with Crippen molar-refractivity contribution in [2.24, 2.45) is 0 Å². The molecule has 10 heteroatoms. The second-order valence-electron chi connectivity index (χ2n) is 3.74. The van der Waals surface area contributed by atoms with Gasteiger partial charge in [-0.3, -0.25) is 10.1 Å². The lowest BCUT2D eigenvalue weighted by Crippen LogP contribution is -2.41. The average molecular weight is 293 g/mol. The van der Waals surface area contributed by atoms with Gasteiger partial charge in [0.2, 0.25) is 11.1 Å². The standard InChI is InChI=1S/C8H9ClN4O4S/c9-8-10-5-6(13(14)15)7(11-8)12-1-3-18(16,17)4-2-12/h5H,1-4H2. The minimum Gasteiger partial charge on any atom is -0.349 e. The van der Waals surface area contributed by atoms with Gasteiger partial charge in [-0.05, 0) is 11.6 Å². The fraction of sp³-hybridized carbons (Fsp3) is 0.500. The molecule has 0 saturated carbocycles. The van der Waals surface area contributed by atoms with Crippen LogP contribution >= 0.6 is 11.6 Å². The molecule has 1 aliphatic heterocycles. The molecule has 1 aromatic heterocycles. The summed E-state index contributed by atoms with van der Waals surface area (Å²) >= 11 is 5.61. The largest absolute Gasteiger partial charge is 0.349 e. The fourth-order valence-corrected chi connectivity index (χ4v) is 2.96. The van der Waals surface area contributed by atoms with Gasteiger partial charge in [0.1, 0.15) is 6.20 Å². The minimum atomic E-state index is -3.05. The van der Waals surface area contributed by atoms with Gasteiger partial charge in [-0.2, -0.15) is 4.98 Å². The molecule has 0 aromatic carbocycles. The molecular weight excluding hydrogens is 284 g/mol. The van der Waals surface area contributed by atoms with Gasteiger partial charge in [0, 0.05) is 13.1 Å². The summed E-state index contributed by atoms with van der Waals surface area (Å²) in [5, 5.41) is 10.7. The van der Waals surface area contributed by atoms with Crippen molar-refractivity contribution in [1.82, 2.24) is 9.97 Å². The van der Waals surface area contributed by atoms with Crippen molar-refractivity contribution in [2.45, 2.75) is 0 Å². The number of anilines is 1. The molecule has 0 N–H and O–H groups in total. The van der Waals surface area contributed by atoms with Crippen molar-refractivity contribution < 1.29 is 13.3 Å². The first kappa shape index (κ1) is 13.0. The quantitative estimate of drug-likeness (QED) is 0.437. The normalized spacial score (nSPS) is 18.6. The Bertz CT molecular complexity index is 577. The maximum absolute atomic E-state index is 11.3. The van der Waals surface area contributed by atoms with Gasteiger partial charge < -0.3 is 4.90 Å². The van der Waals surface area contributed by atoms with Crippen LogP contribution in [-0.4, -0.2) is 47.9 Å². The molecule has 8 nitrogen and oxygen atoms in total. The Labute approximate surface area is 108 Å². The summed E-state index contributed by atoms with van der Waals surface area (Å²) in [5.41, 5.74) is -0.279. The van der Waals surface area contributed by atoms with E-state index < -0.39 is 14.8 Å². The van der Waals surface area contributed by atoms with Crippen molar-refractivity contribution in [3.63, 3.8) is 0 Å². The predicted octanol–water partition coefficient (Wildman–Crippen LogP) is 0.273. The number of sulfone groups is 1. The van der Waals surface area contributed by atoms with Gasteiger partial charge in [-0.1, -0.05) is 0 Å². The van der Waals surface area contributed by atoms with E-state index in [0.717, 1.165) is 6.20 Å². The third-order valence-corrected chi connectivity index (χ3v) is 4.35. The molecule has 0 bridgehead atoms. The van der Waals surface area contributed by atoms with E-state index in [2.05, 4.69) is 9.97 Å². The van der Waals surface area contributed by atoms with E-state index in [1.54, 1.807) is 0 Å². The van der Waals surface area contributed by atoms with Crippen LogP contribution in [0.15, 0.2) is 6.20 Å². The summed E-state index contributed by atoms with van der Waals surface area (Å²) in [6.45, 7) is 0.326. The molecule has 1 saturated heterocycles. The molecule has 98 valence electrons. The van der Waals surface area contributed by atoms with E-state index >= 15 is 0 Å². The fourth-order valence-electron chi connectivity index (χ4n) is 1.63. The zero-order valence-electron chi connectivity index (χ0n) is 9.11. The number of nitrogens with zero attached hydrogens (tertiary/aromatic N) is 4. The number of halogens is 1. The number of nitro groups is 1. The van der Waals surface area contributed by atoms with Gasteiger partial charge in [0.05, 0.1) is 16.4 Å². The van der Waals surface area contributed by atoms with E-state index in [-0.39, 0.29) is 41.4 Å². The summed E-state index contributed by atoms with van der Waals surface area (Å²) < 4.78 is 22.6. The smallest absolute Gasteiger partial charge is 0.329 e. The lowest BCUT2D eigenvalue weighted by atomic mass is 10.4. The molecule has 0 atom stereocenters. The van der Waals surface area contributed by atoms with Crippen LogP contribution in [0.1, 0.15) is 0 Å². The predicted molar refractivity (Wildman–Crippen MR) is 64.6 cm³/mol. The molecule has 18 heavy (non-hydrogen) atoms. The molecule has 0 spiro atoms. The first-order valence-electron chi connectivity index (χ1n) is 5.01. The van der Waals surface area contributed by atoms with E-state index in [1.807, 2.05) is 0 Å². The highest BCUT2D eigenvalue weighted by Crippen LogP contribution is 2.27. The van der Waals surface area contributed by atoms with E-state index in [1.165, 1.54) is 4.90 Å². The molecule has 2 rings (SSSR count). The molecule has 1 aromatic rings. The number of hydrogen-bond acceptors (Lipinski definition) is 7. The molecule has 0 radical (unpaired) electrons. The minimum absolute atomic E-state index is 0.0498. The molecular formula is C8H9ClN4O4S. The van der Waals surface area contributed by atoms with Crippen LogP contribution in [0.25, 0.3) is 0 Å². The average Bonchev–Trinajstić information content (AvgIpc) is 2.28. The van der Waals surface area contributed by atoms with Gasteiger partial charge >= 0.3 is 5.69 Å². The summed E-state index contributed by atoms with van der Waals surface area (Å²) in [6, 6.07) is 0. The Hall–Kier alpha value is -1.48. The Morgan fingerprint density at radius 2 is 2.00 bits per heavy atom. The van der Waals surface area contributed by atoms with Crippen LogP contribution in [0, 0.1) is 10.1 Å². The molecule has 1 fully saturated rings. The van der Waals surface area contributed by atoms with Gasteiger partial charge in [-0.15, -0.1) is 0 Å². The van der Waals surface area contributed by atoms with Crippen molar-refractivity contribution in [3.8, 4) is 0 Å². The van der Waals surface area contributed by atoms with E-state index in [4.69, 9.17) is 11.6 Å². The lowest BCUT2D eigenvalue weighted by Gasteiger charge is -2.27. The number of rotatable bonds is 2. The molecule has 0 amide bonds. The Morgan fingerprint density at radius 3 is 2.56 bits per heavy atom. The van der Waals surface area contributed by atoms with Crippen LogP contribution < -0.4 is 4.90 Å². The van der Waals surface area contributed by atoms with Crippen LogP contribution in [0.5, 0.6) is 0 Å². The van der Waals surface area contributed by atoms with Crippen molar-refractivity contribution in [3.05, 3.63) is 21.6 Å². The second-order valence-corrected chi connectivity index (χ2v) is 6.39. The summed E-state index contributed by atoms with van der Waals surface area (Å²) in [6.07, 6.45) is 1.02. The number of aromatic nitrogens is 2. The van der Waals surface area contributed by atoms with Crippen molar-refractivity contribution >= 4 is 32.9 Å². The van der Waals surface area contributed by atoms with Crippen LogP contribution in [-0.2, 0) is 9.84 Å². The summed E-state index contributed by atoms with van der Waals surface area (Å²) in [7, 11) is -3.05. The van der Waals surface area contributed by atoms with Crippen molar-refractivity contribution in [1.29, 1.82) is 0 Å². The third kappa shape index (κ3) is 2.67. The topological polar surface area (TPSA) is 106 Å². The summed E-state index contributed by atoms with van der Waals surface area (Å²) in [4.78, 5) is 19.1. The first-order valence-corrected chi connectivity index (χ1v) is 7.21. The van der Waals surface area contributed by atoms with E-state index in [0.29, 0.717) is 0 Å². The molecule has 0 unspecified atom stereocenters. The van der Waals surface area contributed by atoms with Gasteiger partial charge in [0.25, 0.3) is 0 Å².